The van der Waals surface area contributed by atoms with Crippen molar-refractivity contribution in [3.8, 4) is 0 Å². The molecule has 0 aromatic carbocycles. The molecule has 1 saturated carbocycles. The lowest BCUT2D eigenvalue weighted by Crippen LogP contribution is -2.57. The minimum absolute atomic E-state index is 0.166. The Kier molecular flexibility index (Phi) is 2.29. The molecule has 2 heterocycles. The molecule has 0 unspecified atom stereocenters. The minimum Gasteiger partial charge on any atom is -0.393 e. The number of piperidine rings is 1. The van der Waals surface area contributed by atoms with Crippen LogP contribution < -0.4 is 0 Å². The lowest BCUT2D eigenvalue weighted by Gasteiger charge is -2.53. The van der Waals surface area contributed by atoms with Gasteiger partial charge in [0, 0.05) is 24.9 Å². The summed E-state index contributed by atoms with van der Waals surface area (Å²) in [6.45, 7) is 3.13. The van der Waals surface area contributed by atoms with E-state index in [9.17, 15) is 9.90 Å². The number of hydrogen-bond donors (Lipinski definition) is 1. The van der Waals surface area contributed by atoms with Gasteiger partial charge in [0.25, 0.3) is 0 Å². The van der Waals surface area contributed by atoms with Gasteiger partial charge in [0.2, 0.25) is 5.91 Å². The molecule has 3 nitrogen and oxygen atoms in total. The number of hydrogen-bond acceptors (Lipinski definition) is 2. The fourth-order valence-corrected chi connectivity index (χ4v) is 4.42. The van der Waals surface area contributed by atoms with Crippen LogP contribution in [-0.2, 0) is 4.79 Å². The predicted octanol–water partition coefficient (Wildman–Crippen LogP) is 1.55. The fraction of sp³-hybridized carbons (Fsp3) is 0.923. The van der Waals surface area contributed by atoms with Crippen LogP contribution in [0.5, 0.6) is 0 Å². The molecular weight excluding hydrogens is 202 g/mol. The topological polar surface area (TPSA) is 40.5 Å². The summed E-state index contributed by atoms with van der Waals surface area (Å²) in [4.78, 5) is 14.0. The summed E-state index contributed by atoms with van der Waals surface area (Å²) in [6.07, 6.45) is 5.83. The molecular formula is C13H21NO2. The van der Waals surface area contributed by atoms with Gasteiger partial charge in [-0.1, -0.05) is 6.92 Å². The standard InChI is InChI=1S/C13H21NO2/c1-2-13-6-3-10(15)9-5-8-14(12(9)13)11(16)4-7-13/h9-10,12,15H,2-8H2,1H3/t9-,10-,12-,13-/m0/s1. The van der Waals surface area contributed by atoms with Crippen LogP contribution >= 0.6 is 0 Å². The summed E-state index contributed by atoms with van der Waals surface area (Å²) < 4.78 is 0. The van der Waals surface area contributed by atoms with Gasteiger partial charge < -0.3 is 10.0 Å². The van der Waals surface area contributed by atoms with Crippen molar-refractivity contribution >= 4 is 5.91 Å². The summed E-state index contributed by atoms with van der Waals surface area (Å²) in [5, 5.41) is 10.1. The number of carbonyl (C=O) groups is 1. The van der Waals surface area contributed by atoms with Crippen molar-refractivity contribution in [2.45, 2.75) is 57.6 Å². The van der Waals surface area contributed by atoms with E-state index in [4.69, 9.17) is 0 Å². The van der Waals surface area contributed by atoms with Crippen LogP contribution in [0, 0.1) is 11.3 Å². The van der Waals surface area contributed by atoms with Crippen LogP contribution in [0.15, 0.2) is 0 Å². The molecule has 1 amide bonds. The highest BCUT2D eigenvalue weighted by Crippen LogP contribution is 2.53. The van der Waals surface area contributed by atoms with Crippen molar-refractivity contribution in [2.75, 3.05) is 6.54 Å². The van der Waals surface area contributed by atoms with Gasteiger partial charge in [-0.15, -0.1) is 0 Å². The summed E-state index contributed by atoms with van der Waals surface area (Å²) in [6, 6.07) is 0.350. The predicted molar refractivity (Wildman–Crippen MR) is 60.8 cm³/mol. The third-order valence-corrected chi connectivity index (χ3v) is 5.37. The van der Waals surface area contributed by atoms with Gasteiger partial charge in [-0.25, -0.2) is 0 Å². The van der Waals surface area contributed by atoms with E-state index in [0.717, 1.165) is 45.1 Å². The largest absolute Gasteiger partial charge is 0.393 e. The van der Waals surface area contributed by atoms with Crippen LogP contribution in [0.2, 0.25) is 0 Å². The zero-order chi connectivity index (χ0) is 11.3. The van der Waals surface area contributed by atoms with Gasteiger partial charge in [0.1, 0.15) is 0 Å². The fourth-order valence-electron chi connectivity index (χ4n) is 4.42. The lowest BCUT2D eigenvalue weighted by molar-refractivity contribution is -0.147. The molecule has 3 fully saturated rings. The first-order valence-corrected chi connectivity index (χ1v) is 6.65. The number of aliphatic hydroxyl groups is 1. The smallest absolute Gasteiger partial charge is 0.222 e. The number of rotatable bonds is 1. The highest BCUT2D eigenvalue weighted by Gasteiger charge is 2.56. The van der Waals surface area contributed by atoms with Gasteiger partial charge in [0.05, 0.1) is 6.10 Å². The van der Waals surface area contributed by atoms with Crippen molar-refractivity contribution in [2.24, 2.45) is 11.3 Å². The molecule has 3 heteroatoms. The van der Waals surface area contributed by atoms with E-state index >= 15 is 0 Å². The molecule has 3 rings (SSSR count). The molecule has 2 aliphatic heterocycles. The van der Waals surface area contributed by atoms with E-state index in [1.165, 1.54) is 0 Å². The van der Waals surface area contributed by atoms with Crippen LogP contribution in [0.25, 0.3) is 0 Å². The molecule has 4 atom stereocenters. The molecule has 90 valence electrons. The molecule has 3 aliphatic rings. The third-order valence-electron chi connectivity index (χ3n) is 5.37. The second-order valence-corrected chi connectivity index (χ2v) is 5.81. The molecule has 16 heavy (non-hydrogen) atoms. The SMILES string of the molecule is CC[C@]12CCC(=O)N3CC[C@H]([C@H]31)[C@@H](O)CC2. The van der Waals surface area contributed by atoms with E-state index in [0.29, 0.717) is 23.3 Å². The number of aliphatic hydroxyl groups excluding tert-OH is 1. The lowest BCUT2D eigenvalue weighted by atomic mass is 9.60. The highest BCUT2D eigenvalue weighted by atomic mass is 16.3. The van der Waals surface area contributed by atoms with Crippen LogP contribution in [0.1, 0.15) is 45.4 Å². The maximum Gasteiger partial charge on any atom is 0.222 e. The van der Waals surface area contributed by atoms with Gasteiger partial charge in [-0.05, 0) is 37.5 Å². The first-order valence-electron chi connectivity index (χ1n) is 6.65. The van der Waals surface area contributed by atoms with Crippen molar-refractivity contribution in [3.63, 3.8) is 0 Å². The zero-order valence-corrected chi connectivity index (χ0v) is 9.98. The third kappa shape index (κ3) is 1.21. The van der Waals surface area contributed by atoms with Crippen LogP contribution in [0.3, 0.4) is 0 Å². The molecule has 1 aliphatic carbocycles. The molecule has 0 aromatic rings. The number of carbonyl (C=O) groups excluding carboxylic acids is 1. The first kappa shape index (κ1) is 10.6. The van der Waals surface area contributed by atoms with Gasteiger partial charge in [0.15, 0.2) is 0 Å². The van der Waals surface area contributed by atoms with Crippen LogP contribution in [-0.4, -0.2) is 34.6 Å². The second kappa shape index (κ2) is 3.46. The normalized spacial score (nSPS) is 47.0. The maximum atomic E-state index is 11.9. The molecule has 2 saturated heterocycles. The first-order chi connectivity index (χ1) is 7.68. The van der Waals surface area contributed by atoms with Gasteiger partial charge in [-0.3, -0.25) is 4.79 Å². The van der Waals surface area contributed by atoms with Crippen molar-refractivity contribution in [1.82, 2.24) is 4.90 Å². The Bertz CT molecular complexity index is 317. The monoisotopic (exact) mass is 223 g/mol. The minimum atomic E-state index is -0.166. The summed E-state index contributed by atoms with van der Waals surface area (Å²) in [5.41, 5.74) is 0.328. The Morgan fingerprint density at radius 3 is 3.00 bits per heavy atom. The zero-order valence-electron chi connectivity index (χ0n) is 9.98. The Labute approximate surface area is 96.8 Å². The van der Waals surface area contributed by atoms with Crippen molar-refractivity contribution in [1.29, 1.82) is 0 Å². The van der Waals surface area contributed by atoms with E-state index < -0.39 is 0 Å². The summed E-state index contributed by atoms with van der Waals surface area (Å²) in [5.74, 6) is 0.684. The van der Waals surface area contributed by atoms with E-state index in [1.807, 2.05) is 0 Å². The van der Waals surface area contributed by atoms with Gasteiger partial charge in [-0.2, -0.15) is 0 Å². The highest BCUT2D eigenvalue weighted by molar-refractivity contribution is 5.78. The Balaban J connectivity index is 1.98. The van der Waals surface area contributed by atoms with E-state index in [2.05, 4.69) is 11.8 Å². The molecule has 0 bridgehead atoms. The quantitative estimate of drug-likeness (QED) is 0.732. The Morgan fingerprint density at radius 1 is 1.44 bits per heavy atom. The number of amides is 1. The average molecular weight is 223 g/mol. The Morgan fingerprint density at radius 2 is 2.25 bits per heavy atom. The average Bonchev–Trinajstić information content (AvgIpc) is 2.75. The maximum absolute atomic E-state index is 11.9. The summed E-state index contributed by atoms with van der Waals surface area (Å²) in [7, 11) is 0. The Hall–Kier alpha value is -0.570. The molecule has 0 aromatic heterocycles. The second-order valence-electron chi connectivity index (χ2n) is 5.81. The van der Waals surface area contributed by atoms with Crippen molar-refractivity contribution < 1.29 is 9.90 Å². The van der Waals surface area contributed by atoms with Gasteiger partial charge >= 0.3 is 0 Å². The molecule has 0 spiro atoms. The molecule has 0 radical (unpaired) electrons. The van der Waals surface area contributed by atoms with E-state index in [1.54, 1.807) is 0 Å². The number of nitrogens with zero attached hydrogens (tertiary/aromatic N) is 1. The summed E-state index contributed by atoms with van der Waals surface area (Å²) >= 11 is 0. The van der Waals surface area contributed by atoms with Crippen molar-refractivity contribution in [3.05, 3.63) is 0 Å². The van der Waals surface area contributed by atoms with Crippen LogP contribution in [0.4, 0.5) is 0 Å². The van der Waals surface area contributed by atoms with E-state index in [-0.39, 0.29) is 6.10 Å². The molecule has 1 N–H and O–H groups in total.